The fourth-order valence-electron chi connectivity index (χ4n) is 0.953. The van der Waals surface area contributed by atoms with E-state index in [0.29, 0.717) is 0 Å². The molecule has 0 amide bonds. The molecule has 3 nitrogen and oxygen atoms in total. The van der Waals surface area contributed by atoms with Gasteiger partial charge in [-0.2, -0.15) is 4.58 Å². The number of rotatable bonds is 0. The summed E-state index contributed by atoms with van der Waals surface area (Å²) in [6, 6.07) is 0. The van der Waals surface area contributed by atoms with Gasteiger partial charge in [-0.1, -0.05) is 12.2 Å². The van der Waals surface area contributed by atoms with Crippen molar-refractivity contribution >= 4 is 29.6 Å². The lowest BCUT2D eigenvalue weighted by Gasteiger charge is -2.02. The van der Waals surface area contributed by atoms with Crippen LogP contribution in [0.1, 0.15) is 0 Å². The molecule has 0 aromatic carbocycles. The topological polar surface area (TPSA) is 27.4 Å². The first-order valence-corrected chi connectivity index (χ1v) is 3.40. The van der Waals surface area contributed by atoms with Crippen molar-refractivity contribution in [3.05, 3.63) is 12.3 Å². The number of nitrogens with zero attached hydrogens (tertiary/aromatic N) is 2. The van der Waals surface area contributed by atoms with E-state index in [1.807, 2.05) is 23.1 Å². The van der Waals surface area contributed by atoms with Gasteiger partial charge in [-0.25, -0.2) is 4.99 Å². The molecule has 1 unspecified atom stereocenters. The predicted octanol–water partition coefficient (Wildman–Crippen LogP) is -0.118. The van der Waals surface area contributed by atoms with E-state index in [-0.39, 0.29) is 6.29 Å². The summed E-state index contributed by atoms with van der Waals surface area (Å²) in [7, 11) is 0. The van der Waals surface area contributed by atoms with E-state index in [2.05, 4.69) is 10.3 Å². The molecule has 0 aromatic rings. The standard InChI is InChI=1S/C6H5N3S/c10-5-4-9-3-1-2-7-6(9)8-5/h1-4,6H/p+1. The van der Waals surface area contributed by atoms with Crippen LogP contribution in [0.25, 0.3) is 0 Å². The summed E-state index contributed by atoms with van der Waals surface area (Å²) in [6.07, 6.45) is 7.44. The molecule has 0 aliphatic carbocycles. The Bertz CT molecular complexity index is 264. The molecule has 0 saturated heterocycles. The van der Waals surface area contributed by atoms with Gasteiger partial charge in [-0.3, -0.25) is 5.32 Å². The fourth-order valence-corrected chi connectivity index (χ4v) is 1.18. The molecular weight excluding hydrogens is 146 g/mol. The minimum atomic E-state index is 0.0116. The van der Waals surface area contributed by atoms with E-state index in [1.54, 1.807) is 6.21 Å². The van der Waals surface area contributed by atoms with Crippen LogP contribution in [-0.4, -0.2) is 28.3 Å². The van der Waals surface area contributed by atoms with Crippen molar-refractivity contribution in [2.45, 2.75) is 6.29 Å². The second-order valence-electron chi connectivity index (χ2n) is 2.10. The van der Waals surface area contributed by atoms with Crippen LogP contribution in [0.15, 0.2) is 17.3 Å². The molecule has 0 fully saturated rings. The van der Waals surface area contributed by atoms with Crippen LogP contribution in [0.2, 0.25) is 0 Å². The molecule has 2 aliphatic rings. The maximum absolute atomic E-state index is 4.92. The van der Waals surface area contributed by atoms with Gasteiger partial charge in [0.05, 0.1) is 0 Å². The molecule has 4 heteroatoms. The molecule has 0 radical (unpaired) electrons. The maximum atomic E-state index is 4.92. The van der Waals surface area contributed by atoms with Crippen LogP contribution >= 0.6 is 12.2 Å². The Kier molecular flexibility index (Phi) is 1.14. The van der Waals surface area contributed by atoms with Crippen molar-refractivity contribution in [2.24, 2.45) is 4.99 Å². The summed E-state index contributed by atoms with van der Waals surface area (Å²) >= 11 is 4.92. The minimum Gasteiger partial charge on any atom is -0.293 e. The van der Waals surface area contributed by atoms with Crippen LogP contribution in [0.3, 0.4) is 0 Å². The number of hydrogen-bond donors (Lipinski definition) is 1. The van der Waals surface area contributed by atoms with Crippen molar-refractivity contribution in [3.8, 4) is 0 Å². The van der Waals surface area contributed by atoms with Gasteiger partial charge in [0.15, 0.2) is 11.2 Å². The second kappa shape index (κ2) is 1.98. The van der Waals surface area contributed by atoms with Crippen molar-refractivity contribution < 1.29 is 4.58 Å². The highest BCUT2D eigenvalue weighted by atomic mass is 32.1. The molecule has 0 spiro atoms. The number of fused-ring (bicyclic) bond motifs is 1. The highest BCUT2D eigenvalue weighted by Gasteiger charge is 2.26. The van der Waals surface area contributed by atoms with Crippen LogP contribution < -0.4 is 5.32 Å². The Balaban J connectivity index is 2.37. The Labute approximate surface area is 63.8 Å². The van der Waals surface area contributed by atoms with Gasteiger partial charge in [0.25, 0.3) is 0 Å². The van der Waals surface area contributed by atoms with Crippen molar-refractivity contribution in [3.63, 3.8) is 0 Å². The molecule has 10 heavy (non-hydrogen) atoms. The zero-order valence-electron chi connectivity index (χ0n) is 5.19. The summed E-state index contributed by atoms with van der Waals surface area (Å²) in [5, 5.41) is 3.01. The van der Waals surface area contributed by atoms with Crippen molar-refractivity contribution in [1.29, 1.82) is 0 Å². The third-order valence-electron chi connectivity index (χ3n) is 1.39. The molecule has 2 rings (SSSR count). The van der Waals surface area contributed by atoms with Gasteiger partial charge in [0, 0.05) is 12.3 Å². The Morgan fingerprint density at radius 1 is 1.70 bits per heavy atom. The lowest BCUT2D eigenvalue weighted by molar-refractivity contribution is -0.491. The first kappa shape index (κ1) is 5.73. The van der Waals surface area contributed by atoms with Crippen LogP contribution in [0, 0.1) is 0 Å². The van der Waals surface area contributed by atoms with Crippen LogP contribution in [0.4, 0.5) is 0 Å². The molecule has 50 valence electrons. The summed E-state index contributed by atoms with van der Waals surface area (Å²) in [6.45, 7) is 0. The van der Waals surface area contributed by atoms with Gasteiger partial charge in [-0.05, 0) is 0 Å². The number of hydrogen-bond acceptors (Lipinski definition) is 2. The number of allylic oxidation sites excluding steroid dienone is 1. The zero-order valence-corrected chi connectivity index (χ0v) is 6.01. The summed E-state index contributed by atoms with van der Waals surface area (Å²) in [5.41, 5.74) is 0. The largest absolute Gasteiger partial charge is 0.332 e. The monoisotopic (exact) mass is 152 g/mol. The number of aliphatic imine (C=N–C) groups is 1. The first-order chi connectivity index (χ1) is 4.86. The Hall–Kier alpha value is -1.03. The van der Waals surface area contributed by atoms with Gasteiger partial charge in [0.1, 0.15) is 0 Å². The van der Waals surface area contributed by atoms with E-state index in [0.717, 1.165) is 4.99 Å². The zero-order chi connectivity index (χ0) is 6.97. The maximum Gasteiger partial charge on any atom is 0.332 e. The van der Waals surface area contributed by atoms with Gasteiger partial charge in [-0.15, -0.1) is 0 Å². The summed E-state index contributed by atoms with van der Waals surface area (Å²) < 4.78 is 1.93. The van der Waals surface area contributed by atoms with Crippen LogP contribution in [0.5, 0.6) is 0 Å². The van der Waals surface area contributed by atoms with Crippen molar-refractivity contribution in [2.75, 3.05) is 0 Å². The summed E-state index contributed by atoms with van der Waals surface area (Å²) in [4.78, 5) is 4.87. The third kappa shape index (κ3) is 0.769. The normalized spacial score (nSPS) is 27.8. The first-order valence-electron chi connectivity index (χ1n) is 2.99. The lowest BCUT2D eigenvalue weighted by Crippen LogP contribution is -2.31. The third-order valence-corrected chi connectivity index (χ3v) is 1.61. The molecule has 0 bridgehead atoms. The van der Waals surface area contributed by atoms with E-state index < -0.39 is 0 Å². The average Bonchev–Trinajstić information content (AvgIpc) is 2.27. The second-order valence-corrected chi connectivity index (χ2v) is 2.54. The number of nitrogens with one attached hydrogen (secondary N) is 1. The van der Waals surface area contributed by atoms with E-state index in [9.17, 15) is 0 Å². The molecule has 0 aromatic heterocycles. The van der Waals surface area contributed by atoms with Gasteiger partial charge >= 0.3 is 6.29 Å². The SMILES string of the molecule is S=C1C=[N+]2C=CC=NC2N1. The highest BCUT2D eigenvalue weighted by Crippen LogP contribution is 2.00. The number of thiocarbonyl (C=S) groups is 1. The fraction of sp³-hybridized carbons (Fsp3) is 0.167. The Morgan fingerprint density at radius 2 is 2.60 bits per heavy atom. The molecule has 2 heterocycles. The van der Waals surface area contributed by atoms with E-state index in [4.69, 9.17) is 12.2 Å². The summed E-state index contributed by atoms with van der Waals surface area (Å²) in [5.74, 6) is 0. The minimum absolute atomic E-state index is 0.0116. The van der Waals surface area contributed by atoms with Crippen molar-refractivity contribution in [1.82, 2.24) is 5.32 Å². The lowest BCUT2D eigenvalue weighted by atomic mass is 10.5. The quantitative estimate of drug-likeness (QED) is 0.387. The molecule has 0 saturated carbocycles. The van der Waals surface area contributed by atoms with Crippen LogP contribution in [-0.2, 0) is 0 Å². The van der Waals surface area contributed by atoms with E-state index >= 15 is 0 Å². The highest BCUT2D eigenvalue weighted by molar-refractivity contribution is 7.81. The Morgan fingerprint density at radius 3 is 3.40 bits per heavy atom. The van der Waals surface area contributed by atoms with E-state index in [1.165, 1.54) is 0 Å². The molecule has 2 aliphatic heterocycles. The van der Waals surface area contributed by atoms with Gasteiger partial charge in [0.2, 0.25) is 6.21 Å². The molecule has 1 N–H and O–H groups in total. The predicted molar refractivity (Wildman–Crippen MR) is 43.5 cm³/mol. The van der Waals surface area contributed by atoms with Gasteiger partial charge < -0.3 is 0 Å². The molecule has 1 atom stereocenters. The molecular formula is C6H6N3S+. The average molecular weight is 152 g/mol. The smallest absolute Gasteiger partial charge is 0.293 e.